The van der Waals surface area contributed by atoms with Crippen molar-refractivity contribution in [3.63, 3.8) is 0 Å². The molecule has 6 rings (SSSR count). The van der Waals surface area contributed by atoms with Crippen LogP contribution >= 0.6 is 0 Å². The van der Waals surface area contributed by atoms with Gasteiger partial charge in [-0.05, 0) is 68.9 Å². The zero-order chi connectivity index (χ0) is 26.0. The van der Waals surface area contributed by atoms with Crippen molar-refractivity contribution in [2.75, 3.05) is 39.5 Å². The molecule has 1 spiro atoms. The molecule has 3 aliphatic rings. The maximum absolute atomic E-state index is 13.5. The van der Waals surface area contributed by atoms with Crippen molar-refractivity contribution < 1.29 is 19.1 Å². The van der Waals surface area contributed by atoms with E-state index in [0.29, 0.717) is 49.8 Å². The molecule has 3 aliphatic heterocycles. The number of para-hydroxylation sites is 1. The van der Waals surface area contributed by atoms with Crippen LogP contribution in [0.5, 0.6) is 5.75 Å². The molecule has 0 saturated carbocycles. The third kappa shape index (κ3) is 5.01. The van der Waals surface area contributed by atoms with E-state index in [4.69, 9.17) is 9.47 Å². The number of fused-ring (bicyclic) bond motifs is 3. The van der Waals surface area contributed by atoms with Gasteiger partial charge in [-0.1, -0.05) is 18.6 Å². The predicted molar refractivity (Wildman–Crippen MR) is 144 cm³/mol. The number of rotatable bonds is 1. The van der Waals surface area contributed by atoms with Crippen LogP contribution in [-0.2, 0) is 4.74 Å². The zero-order valence-electron chi connectivity index (χ0n) is 21.9. The highest BCUT2D eigenvalue weighted by atomic mass is 16.5. The number of nitrogens with zero attached hydrogens (tertiary/aromatic N) is 3. The van der Waals surface area contributed by atoms with Crippen LogP contribution in [0.2, 0.25) is 0 Å². The van der Waals surface area contributed by atoms with E-state index >= 15 is 0 Å². The van der Waals surface area contributed by atoms with Crippen molar-refractivity contribution >= 4 is 22.8 Å². The maximum atomic E-state index is 13.5. The van der Waals surface area contributed by atoms with Crippen LogP contribution in [0.25, 0.3) is 11.0 Å². The normalized spacial score (nSPS) is 22.5. The molecule has 0 bridgehead atoms. The Morgan fingerprint density at radius 1 is 1.03 bits per heavy atom. The van der Waals surface area contributed by atoms with Crippen molar-refractivity contribution in [1.82, 2.24) is 19.8 Å². The number of ether oxygens (including phenoxy) is 2. The summed E-state index contributed by atoms with van der Waals surface area (Å²) in [5, 5.41) is 0. The predicted octanol–water partition coefficient (Wildman–Crippen LogP) is 4.67. The van der Waals surface area contributed by atoms with Crippen LogP contribution in [0.3, 0.4) is 0 Å². The molecule has 1 aromatic heterocycles. The van der Waals surface area contributed by atoms with Gasteiger partial charge < -0.3 is 24.3 Å². The minimum atomic E-state index is -0.0411. The summed E-state index contributed by atoms with van der Waals surface area (Å²) in [6, 6.07) is 13.4. The number of aromatic nitrogens is 2. The van der Waals surface area contributed by atoms with Gasteiger partial charge in [-0.2, -0.15) is 0 Å². The molecule has 38 heavy (non-hydrogen) atoms. The lowest BCUT2D eigenvalue weighted by molar-refractivity contribution is 0.0303. The molecule has 3 aromatic rings. The fraction of sp³-hybridized carbons (Fsp3) is 0.500. The van der Waals surface area contributed by atoms with Crippen molar-refractivity contribution in [3.05, 3.63) is 59.9 Å². The van der Waals surface area contributed by atoms with E-state index in [0.717, 1.165) is 62.5 Å². The highest BCUT2D eigenvalue weighted by molar-refractivity contribution is 5.98. The summed E-state index contributed by atoms with van der Waals surface area (Å²) in [6.07, 6.45) is 8.46. The van der Waals surface area contributed by atoms with Gasteiger partial charge in [0, 0.05) is 37.2 Å². The molecule has 4 heterocycles. The van der Waals surface area contributed by atoms with E-state index in [2.05, 4.69) is 9.97 Å². The first-order chi connectivity index (χ1) is 18.6. The summed E-state index contributed by atoms with van der Waals surface area (Å²) >= 11 is 0. The second-order valence-corrected chi connectivity index (χ2v) is 11.0. The molecule has 0 unspecified atom stereocenters. The minimum absolute atomic E-state index is 0.0347. The number of likely N-dealkylation sites (tertiary alicyclic amines) is 1. The topological polar surface area (TPSA) is 87.8 Å². The Labute approximate surface area is 223 Å². The van der Waals surface area contributed by atoms with Crippen LogP contribution < -0.4 is 4.74 Å². The number of amides is 2. The van der Waals surface area contributed by atoms with Crippen LogP contribution in [-0.4, -0.2) is 77.1 Å². The molecular weight excluding hydrogens is 480 g/mol. The van der Waals surface area contributed by atoms with E-state index in [-0.39, 0.29) is 23.3 Å². The van der Waals surface area contributed by atoms with Gasteiger partial charge in [0.05, 0.1) is 42.2 Å². The molecule has 0 radical (unpaired) electrons. The number of hydrogen-bond donors (Lipinski definition) is 1. The van der Waals surface area contributed by atoms with Gasteiger partial charge in [0.2, 0.25) is 0 Å². The third-order valence-electron chi connectivity index (χ3n) is 8.62. The van der Waals surface area contributed by atoms with Gasteiger partial charge in [-0.15, -0.1) is 0 Å². The Balaban J connectivity index is 1.18. The molecule has 8 nitrogen and oxygen atoms in total. The Hall–Kier alpha value is -3.39. The number of carbonyl (C=O) groups excluding carboxylic acids is 2. The first-order valence-corrected chi connectivity index (χ1v) is 13.9. The highest BCUT2D eigenvalue weighted by Gasteiger charge is 2.38. The van der Waals surface area contributed by atoms with Crippen molar-refractivity contribution in [2.45, 2.75) is 51.0 Å². The monoisotopic (exact) mass is 516 g/mol. The molecule has 2 saturated heterocycles. The van der Waals surface area contributed by atoms with E-state index in [9.17, 15) is 9.59 Å². The SMILES string of the molecule is O=C(c1ccc2nc[nH]c2c1)N1CCC2(CCCCOC[C@@H]3CCCN3C(=O)c3ccccc3OC2)CC1. The van der Waals surface area contributed by atoms with Crippen molar-refractivity contribution in [1.29, 1.82) is 0 Å². The van der Waals surface area contributed by atoms with Crippen LogP contribution in [0.1, 0.15) is 65.7 Å². The third-order valence-corrected chi connectivity index (χ3v) is 8.62. The maximum Gasteiger partial charge on any atom is 0.257 e. The van der Waals surface area contributed by atoms with E-state index in [1.165, 1.54) is 0 Å². The summed E-state index contributed by atoms with van der Waals surface area (Å²) in [4.78, 5) is 38.1. The number of imidazole rings is 1. The fourth-order valence-corrected chi connectivity index (χ4v) is 6.26. The number of carbonyl (C=O) groups is 2. The molecular formula is C30H36N4O4. The molecule has 2 amide bonds. The van der Waals surface area contributed by atoms with E-state index in [1.54, 1.807) is 6.33 Å². The molecule has 1 atom stereocenters. The lowest BCUT2D eigenvalue weighted by Crippen LogP contribution is -2.45. The molecule has 2 aromatic carbocycles. The molecule has 1 N–H and O–H groups in total. The molecule has 8 heteroatoms. The van der Waals surface area contributed by atoms with Crippen molar-refractivity contribution in [2.24, 2.45) is 5.41 Å². The van der Waals surface area contributed by atoms with Crippen LogP contribution in [0.4, 0.5) is 0 Å². The summed E-state index contributed by atoms with van der Waals surface area (Å²) in [6.45, 7) is 4.01. The van der Waals surface area contributed by atoms with Gasteiger partial charge in [-0.3, -0.25) is 9.59 Å². The van der Waals surface area contributed by atoms with Gasteiger partial charge in [0.25, 0.3) is 11.8 Å². The van der Waals surface area contributed by atoms with E-state index < -0.39 is 0 Å². The number of piperidine rings is 1. The fourth-order valence-electron chi connectivity index (χ4n) is 6.26. The smallest absolute Gasteiger partial charge is 0.257 e. The zero-order valence-corrected chi connectivity index (χ0v) is 21.9. The first kappa shape index (κ1) is 24.9. The van der Waals surface area contributed by atoms with Crippen LogP contribution in [0, 0.1) is 5.41 Å². The number of benzene rings is 2. The average Bonchev–Trinajstić information content (AvgIpc) is 3.62. The van der Waals surface area contributed by atoms with Crippen LogP contribution in [0.15, 0.2) is 48.8 Å². The Kier molecular flexibility index (Phi) is 7.06. The Morgan fingerprint density at radius 3 is 2.79 bits per heavy atom. The molecule has 2 fully saturated rings. The number of H-pyrrole nitrogens is 1. The summed E-state index contributed by atoms with van der Waals surface area (Å²) in [5.74, 6) is 0.752. The van der Waals surface area contributed by atoms with Crippen molar-refractivity contribution in [3.8, 4) is 5.75 Å². The number of aromatic amines is 1. The lowest BCUT2D eigenvalue weighted by atomic mass is 9.75. The summed E-state index contributed by atoms with van der Waals surface area (Å²) in [5.41, 5.74) is 3.01. The number of hydrogen-bond acceptors (Lipinski definition) is 5. The second kappa shape index (κ2) is 10.8. The van der Waals surface area contributed by atoms with Gasteiger partial charge in [-0.25, -0.2) is 4.98 Å². The number of nitrogens with one attached hydrogen (secondary N) is 1. The van der Waals surface area contributed by atoms with Gasteiger partial charge in [0.15, 0.2) is 0 Å². The van der Waals surface area contributed by atoms with Gasteiger partial charge >= 0.3 is 0 Å². The average molecular weight is 517 g/mol. The second-order valence-electron chi connectivity index (χ2n) is 11.0. The largest absolute Gasteiger partial charge is 0.492 e. The molecule has 200 valence electrons. The lowest BCUT2D eigenvalue weighted by Gasteiger charge is -2.42. The standard InChI is InChI=1S/C30H36N4O4/c35-28(22-9-10-25-26(18-22)32-21-31-25)33-15-12-30(13-16-33)11-3-4-17-37-19-23-6-5-14-34(23)29(36)24-7-1-2-8-27(24)38-20-30/h1-2,7-10,18,21,23H,3-6,11-17,19-20H2,(H,31,32)/t23-/m0/s1. The summed E-state index contributed by atoms with van der Waals surface area (Å²) < 4.78 is 12.5. The molecule has 0 aliphatic carbocycles. The Bertz CT molecular complexity index is 1300. The Morgan fingerprint density at radius 2 is 1.89 bits per heavy atom. The highest BCUT2D eigenvalue weighted by Crippen LogP contribution is 2.39. The quantitative estimate of drug-likeness (QED) is 0.508. The minimum Gasteiger partial charge on any atom is -0.492 e. The van der Waals surface area contributed by atoms with E-state index in [1.807, 2.05) is 52.3 Å². The summed E-state index contributed by atoms with van der Waals surface area (Å²) in [7, 11) is 0. The van der Waals surface area contributed by atoms with Gasteiger partial charge in [0.1, 0.15) is 5.75 Å². The first-order valence-electron chi connectivity index (χ1n) is 13.9.